The molecule has 0 saturated heterocycles. The van der Waals surface area contributed by atoms with E-state index in [9.17, 15) is 4.79 Å². The van der Waals surface area contributed by atoms with Gasteiger partial charge in [-0.15, -0.1) is 0 Å². The molecule has 0 atom stereocenters. The largest absolute Gasteiger partial charge is 0.493 e. The molecule has 3 aromatic rings. The Morgan fingerprint density at radius 3 is 2.60 bits per heavy atom. The number of unbranched alkanes of at least 4 members (excludes halogenated alkanes) is 1. The lowest BCUT2D eigenvalue weighted by Crippen LogP contribution is -2.35. The zero-order chi connectivity index (χ0) is 21.7. The van der Waals surface area contributed by atoms with Crippen molar-refractivity contribution in [3.63, 3.8) is 0 Å². The van der Waals surface area contributed by atoms with Gasteiger partial charge in [-0.1, -0.05) is 45.0 Å². The maximum Gasteiger partial charge on any atom is 0.225 e. The average Bonchev–Trinajstić information content (AvgIpc) is 3.05. The van der Waals surface area contributed by atoms with E-state index in [1.165, 1.54) is 11.1 Å². The highest BCUT2D eigenvalue weighted by atomic mass is 16.5. The first-order valence-electron chi connectivity index (χ1n) is 10.7. The van der Waals surface area contributed by atoms with Crippen LogP contribution in [0.5, 0.6) is 5.75 Å². The molecule has 5 nitrogen and oxygen atoms in total. The number of para-hydroxylation sites is 2. The topological polar surface area (TPSA) is 56.1 Å². The highest BCUT2D eigenvalue weighted by molar-refractivity contribution is 5.81. The van der Waals surface area contributed by atoms with Gasteiger partial charge in [-0.25, -0.2) is 4.98 Å². The molecule has 0 aliphatic carbocycles. The molecule has 3 rings (SSSR count). The Kier molecular flexibility index (Phi) is 6.80. The van der Waals surface area contributed by atoms with Crippen LogP contribution in [0.4, 0.5) is 0 Å². The highest BCUT2D eigenvalue weighted by Crippen LogP contribution is 2.21. The molecule has 1 heterocycles. The van der Waals surface area contributed by atoms with Crippen molar-refractivity contribution >= 4 is 16.9 Å². The molecule has 0 radical (unpaired) electrons. The van der Waals surface area contributed by atoms with Gasteiger partial charge in [0.15, 0.2) is 0 Å². The normalized spacial score (nSPS) is 11.6. The Balaban J connectivity index is 1.61. The van der Waals surface area contributed by atoms with Gasteiger partial charge in [-0.05, 0) is 56.0 Å². The van der Waals surface area contributed by atoms with Crippen LogP contribution in [0.3, 0.4) is 0 Å². The standard InChI is InChI=1S/C25H33N3O2/c1-18-11-10-14-22(19(18)2)30-16-9-8-15-28-21-13-7-6-12-20(21)27-23(28)17-26-24(29)25(3,4)5/h6-7,10-14H,8-9,15-17H2,1-5H3,(H,26,29). The molecule has 1 amide bonds. The van der Waals surface area contributed by atoms with Gasteiger partial charge in [0.05, 0.1) is 24.2 Å². The van der Waals surface area contributed by atoms with Crippen LogP contribution < -0.4 is 10.1 Å². The van der Waals surface area contributed by atoms with E-state index in [0.717, 1.165) is 42.0 Å². The first-order chi connectivity index (χ1) is 14.3. The predicted octanol–water partition coefficient (Wildman–Crippen LogP) is 5.17. The summed E-state index contributed by atoms with van der Waals surface area (Å²) in [7, 11) is 0. The molecule has 160 valence electrons. The molecule has 5 heteroatoms. The summed E-state index contributed by atoms with van der Waals surface area (Å²) in [4.78, 5) is 17.0. The average molecular weight is 408 g/mol. The van der Waals surface area contributed by atoms with Gasteiger partial charge >= 0.3 is 0 Å². The number of carbonyl (C=O) groups is 1. The minimum absolute atomic E-state index is 0.0306. The van der Waals surface area contributed by atoms with Crippen LogP contribution in [0.15, 0.2) is 42.5 Å². The second-order valence-electron chi connectivity index (χ2n) is 8.85. The van der Waals surface area contributed by atoms with Gasteiger partial charge in [0, 0.05) is 12.0 Å². The molecule has 0 aliphatic rings. The molecule has 0 saturated carbocycles. The maximum absolute atomic E-state index is 12.3. The van der Waals surface area contributed by atoms with Crippen molar-refractivity contribution in [3.05, 3.63) is 59.4 Å². The number of fused-ring (bicyclic) bond motifs is 1. The maximum atomic E-state index is 12.3. The molecule has 0 fully saturated rings. The number of nitrogens with one attached hydrogen (secondary N) is 1. The number of hydrogen-bond acceptors (Lipinski definition) is 3. The van der Waals surface area contributed by atoms with E-state index < -0.39 is 5.41 Å². The van der Waals surface area contributed by atoms with E-state index in [1.807, 2.05) is 51.1 Å². The molecule has 30 heavy (non-hydrogen) atoms. The second-order valence-corrected chi connectivity index (χ2v) is 8.85. The number of nitrogens with zero attached hydrogens (tertiary/aromatic N) is 2. The Labute approximate surface area is 179 Å². The van der Waals surface area contributed by atoms with Gasteiger partial charge in [-0.2, -0.15) is 0 Å². The molecular formula is C25H33N3O2. The predicted molar refractivity (Wildman–Crippen MR) is 122 cm³/mol. The van der Waals surface area contributed by atoms with Crippen LogP contribution in [0, 0.1) is 19.3 Å². The summed E-state index contributed by atoms with van der Waals surface area (Å²) in [5.41, 5.74) is 4.11. The number of amides is 1. The molecule has 1 aromatic heterocycles. The lowest BCUT2D eigenvalue weighted by Gasteiger charge is -2.18. The van der Waals surface area contributed by atoms with E-state index in [2.05, 4.69) is 35.9 Å². The number of imidazole rings is 1. The van der Waals surface area contributed by atoms with Crippen LogP contribution >= 0.6 is 0 Å². The number of aromatic nitrogens is 2. The third kappa shape index (κ3) is 5.21. The van der Waals surface area contributed by atoms with Crippen molar-refractivity contribution in [1.29, 1.82) is 0 Å². The second kappa shape index (κ2) is 9.33. The third-order valence-corrected chi connectivity index (χ3v) is 5.41. The smallest absolute Gasteiger partial charge is 0.225 e. The van der Waals surface area contributed by atoms with Crippen molar-refractivity contribution in [1.82, 2.24) is 14.9 Å². The summed E-state index contributed by atoms with van der Waals surface area (Å²) < 4.78 is 8.21. The van der Waals surface area contributed by atoms with Crippen molar-refractivity contribution in [2.24, 2.45) is 5.41 Å². The third-order valence-electron chi connectivity index (χ3n) is 5.41. The Hall–Kier alpha value is -2.82. The summed E-state index contributed by atoms with van der Waals surface area (Å²) in [6, 6.07) is 14.3. The number of rotatable bonds is 8. The van der Waals surface area contributed by atoms with Crippen LogP contribution in [0.25, 0.3) is 11.0 Å². The Morgan fingerprint density at radius 2 is 1.83 bits per heavy atom. The van der Waals surface area contributed by atoms with Gasteiger partial charge in [0.1, 0.15) is 11.6 Å². The fraction of sp³-hybridized carbons (Fsp3) is 0.440. The number of ether oxygens (including phenoxy) is 1. The lowest BCUT2D eigenvalue weighted by atomic mass is 9.96. The van der Waals surface area contributed by atoms with Crippen molar-refractivity contribution in [3.8, 4) is 5.75 Å². The van der Waals surface area contributed by atoms with E-state index in [-0.39, 0.29) is 5.91 Å². The number of aryl methyl sites for hydroxylation is 2. The Morgan fingerprint density at radius 1 is 1.07 bits per heavy atom. The molecule has 0 unspecified atom stereocenters. The molecular weight excluding hydrogens is 374 g/mol. The zero-order valence-electron chi connectivity index (χ0n) is 18.8. The number of hydrogen-bond donors (Lipinski definition) is 1. The molecule has 1 N–H and O–H groups in total. The number of benzene rings is 2. The van der Waals surface area contributed by atoms with Gasteiger partial charge in [0.2, 0.25) is 5.91 Å². The summed E-state index contributed by atoms with van der Waals surface area (Å²) in [5, 5.41) is 3.03. The molecule has 0 spiro atoms. The van der Waals surface area contributed by atoms with Gasteiger partial charge < -0.3 is 14.6 Å². The molecule has 2 aromatic carbocycles. The monoisotopic (exact) mass is 407 g/mol. The van der Waals surface area contributed by atoms with E-state index in [0.29, 0.717) is 13.2 Å². The van der Waals surface area contributed by atoms with E-state index in [1.54, 1.807) is 0 Å². The SMILES string of the molecule is Cc1cccc(OCCCCn2c(CNC(=O)C(C)(C)C)nc3ccccc32)c1C. The van der Waals surface area contributed by atoms with E-state index >= 15 is 0 Å². The highest BCUT2D eigenvalue weighted by Gasteiger charge is 2.21. The minimum Gasteiger partial charge on any atom is -0.493 e. The van der Waals surface area contributed by atoms with Crippen molar-refractivity contribution in [2.75, 3.05) is 6.61 Å². The molecule has 0 aliphatic heterocycles. The quantitative estimate of drug-likeness (QED) is 0.524. The first-order valence-corrected chi connectivity index (χ1v) is 10.7. The minimum atomic E-state index is -0.415. The van der Waals surface area contributed by atoms with Crippen LogP contribution in [0.1, 0.15) is 50.6 Å². The van der Waals surface area contributed by atoms with Gasteiger partial charge in [0.25, 0.3) is 0 Å². The van der Waals surface area contributed by atoms with Crippen LogP contribution in [-0.4, -0.2) is 22.1 Å². The zero-order valence-corrected chi connectivity index (χ0v) is 18.8. The molecule has 0 bridgehead atoms. The van der Waals surface area contributed by atoms with Crippen molar-refractivity contribution < 1.29 is 9.53 Å². The fourth-order valence-electron chi connectivity index (χ4n) is 3.37. The first kappa shape index (κ1) is 21.9. The van der Waals surface area contributed by atoms with E-state index in [4.69, 9.17) is 9.72 Å². The lowest BCUT2D eigenvalue weighted by molar-refractivity contribution is -0.128. The fourth-order valence-corrected chi connectivity index (χ4v) is 3.37. The summed E-state index contributed by atoms with van der Waals surface area (Å²) in [5.74, 6) is 1.89. The summed E-state index contributed by atoms with van der Waals surface area (Å²) >= 11 is 0. The van der Waals surface area contributed by atoms with Gasteiger partial charge in [-0.3, -0.25) is 4.79 Å². The van der Waals surface area contributed by atoms with Crippen LogP contribution in [0.2, 0.25) is 0 Å². The Bertz CT molecular complexity index is 1010. The van der Waals surface area contributed by atoms with Crippen LogP contribution in [-0.2, 0) is 17.9 Å². The number of carbonyl (C=O) groups excluding carboxylic acids is 1. The van der Waals surface area contributed by atoms with Crippen molar-refractivity contribution in [2.45, 2.75) is 60.5 Å². The summed E-state index contributed by atoms with van der Waals surface area (Å²) in [6.07, 6.45) is 1.93. The summed E-state index contributed by atoms with van der Waals surface area (Å²) in [6.45, 7) is 11.9.